The number of halogens is 1. The highest BCUT2D eigenvalue weighted by Crippen LogP contribution is 2.23. The fourth-order valence-electron chi connectivity index (χ4n) is 3.14. The van der Waals surface area contributed by atoms with Crippen LogP contribution in [0.25, 0.3) is 33.7 Å². The first kappa shape index (κ1) is 19.4. The molecule has 0 bridgehead atoms. The van der Waals surface area contributed by atoms with Gasteiger partial charge in [0, 0.05) is 27.8 Å². The summed E-state index contributed by atoms with van der Waals surface area (Å²) in [5.41, 5.74) is 2.03. The van der Waals surface area contributed by atoms with Gasteiger partial charge in [-0.15, -0.1) is 5.10 Å². The van der Waals surface area contributed by atoms with Crippen LogP contribution in [0.4, 0.5) is 0 Å². The first-order valence-electron chi connectivity index (χ1n) is 9.36. The van der Waals surface area contributed by atoms with Crippen LogP contribution in [0, 0.1) is 0 Å². The van der Waals surface area contributed by atoms with Gasteiger partial charge in [-0.05, 0) is 43.3 Å². The molecular weight excluding hydrogens is 434 g/mol. The second kappa shape index (κ2) is 7.61. The molecule has 0 aliphatic rings. The van der Waals surface area contributed by atoms with Gasteiger partial charge < -0.3 is 4.42 Å². The molecule has 2 aromatic carbocycles. The van der Waals surface area contributed by atoms with Crippen molar-refractivity contribution in [1.29, 1.82) is 0 Å². The molecule has 3 heterocycles. The quantitative estimate of drug-likeness (QED) is 0.379. The molecule has 0 saturated heterocycles. The van der Waals surface area contributed by atoms with Gasteiger partial charge in [-0.3, -0.25) is 9.59 Å². The summed E-state index contributed by atoms with van der Waals surface area (Å²) >= 11 is 7.16. The monoisotopic (exact) mass is 447 g/mol. The lowest BCUT2D eigenvalue weighted by atomic mass is 10.1. The molecule has 0 amide bonds. The van der Waals surface area contributed by atoms with Gasteiger partial charge in [-0.1, -0.05) is 47.2 Å². The normalized spacial score (nSPS) is 12.0. The minimum absolute atomic E-state index is 0.0125. The number of furan rings is 1. The Bertz CT molecular complexity index is 1530. The summed E-state index contributed by atoms with van der Waals surface area (Å²) in [7, 11) is 0. The first-order valence-corrected chi connectivity index (χ1v) is 10.6. The number of nitrogens with zero attached hydrogens (tertiary/aromatic N) is 3. The number of carbonyl (C=O) groups excluding carboxylic acids is 1. The number of rotatable bonds is 4. The fraction of sp³-hybridized carbons (Fsp3) is 0.0435. The van der Waals surface area contributed by atoms with Crippen molar-refractivity contribution in [2.45, 2.75) is 6.92 Å². The highest BCUT2D eigenvalue weighted by molar-refractivity contribution is 7.15. The fourth-order valence-corrected chi connectivity index (χ4v) is 4.15. The number of thiazole rings is 1. The van der Waals surface area contributed by atoms with E-state index < -0.39 is 0 Å². The number of fused-ring (bicyclic) bond motifs is 1. The molecule has 0 spiro atoms. The minimum Gasteiger partial charge on any atom is -0.457 e. The highest BCUT2D eigenvalue weighted by Gasteiger charge is 2.13. The predicted molar refractivity (Wildman–Crippen MR) is 121 cm³/mol. The van der Waals surface area contributed by atoms with Crippen LogP contribution in [-0.2, 0) is 0 Å². The molecule has 0 fully saturated rings. The number of carbonyl (C=O) groups is 1. The van der Waals surface area contributed by atoms with E-state index in [1.807, 2.05) is 30.3 Å². The second-order valence-electron chi connectivity index (χ2n) is 6.89. The van der Waals surface area contributed by atoms with Gasteiger partial charge in [0.05, 0.1) is 0 Å². The summed E-state index contributed by atoms with van der Waals surface area (Å²) in [6.07, 6.45) is 1.68. The predicted octanol–water partition coefficient (Wildman–Crippen LogP) is 4.48. The lowest BCUT2D eigenvalue weighted by Crippen LogP contribution is -2.23. The zero-order valence-electron chi connectivity index (χ0n) is 16.2. The van der Waals surface area contributed by atoms with Crippen LogP contribution in [0.5, 0.6) is 0 Å². The van der Waals surface area contributed by atoms with Crippen LogP contribution < -0.4 is 10.1 Å². The molecular formula is C23H14ClN3O3S. The molecule has 0 radical (unpaired) electrons. The van der Waals surface area contributed by atoms with E-state index in [2.05, 4.69) is 10.1 Å². The number of hydrogen-bond acceptors (Lipinski definition) is 6. The summed E-state index contributed by atoms with van der Waals surface area (Å²) in [6, 6.07) is 17.9. The maximum Gasteiger partial charge on any atom is 0.291 e. The lowest BCUT2D eigenvalue weighted by Gasteiger charge is -1.98. The van der Waals surface area contributed by atoms with Gasteiger partial charge in [0.25, 0.3) is 5.56 Å². The van der Waals surface area contributed by atoms with Crippen molar-refractivity contribution in [3.8, 4) is 22.7 Å². The zero-order valence-corrected chi connectivity index (χ0v) is 17.8. The van der Waals surface area contributed by atoms with E-state index in [4.69, 9.17) is 16.0 Å². The van der Waals surface area contributed by atoms with E-state index >= 15 is 0 Å². The Morgan fingerprint density at radius 3 is 2.42 bits per heavy atom. The molecule has 5 aromatic rings. The summed E-state index contributed by atoms with van der Waals surface area (Å²) < 4.78 is 7.64. The standard InChI is InChI=1S/C23H14ClN3O3S/c1-13(28)14-2-4-15(5-3-14)19-11-10-18(30-19)12-20-22(29)27-23(31-20)25-21(26-27)16-6-8-17(24)9-7-16/h2-12H,1H3. The summed E-state index contributed by atoms with van der Waals surface area (Å²) in [4.78, 5) is 29.1. The Labute approximate surface area is 185 Å². The van der Waals surface area contributed by atoms with Crippen LogP contribution in [0.2, 0.25) is 5.02 Å². The Hall–Kier alpha value is -3.55. The maximum absolute atomic E-state index is 12.8. The van der Waals surface area contributed by atoms with Gasteiger partial charge in [0.1, 0.15) is 16.1 Å². The van der Waals surface area contributed by atoms with Crippen molar-refractivity contribution >= 4 is 39.8 Å². The van der Waals surface area contributed by atoms with Gasteiger partial charge >= 0.3 is 0 Å². The zero-order chi connectivity index (χ0) is 21.5. The van der Waals surface area contributed by atoms with E-state index in [0.29, 0.717) is 37.4 Å². The van der Waals surface area contributed by atoms with Crippen LogP contribution in [0.1, 0.15) is 23.0 Å². The molecule has 6 nitrogen and oxygen atoms in total. The Morgan fingerprint density at radius 1 is 1.03 bits per heavy atom. The Kier molecular flexibility index (Phi) is 4.77. The lowest BCUT2D eigenvalue weighted by molar-refractivity contribution is 0.101. The maximum atomic E-state index is 12.8. The SMILES string of the molecule is CC(=O)c1ccc(-c2ccc(C=c3sc4nc(-c5ccc(Cl)cc5)nn4c3=O)o2)cc1. The van der Waals surface area contributed by atoms with E-state index in [-0.39, 0.29) is 11.3 Å². The smallest absolute Gasteiger partial charge is 0.291 e. The first-order chi connectivity index (χ1) is 15.0. The molecule has 3 aromatic heterocycles. The molecule has 31 heavy (non-hydrogen) atoms. The number of hydrogen-bond donors (Lipinski definition) is 0. The van der Waals surface area contributed by atoms with Crippen LogP contribution in [0.15, 0.2) is 69.9 Å². The van der Waals surface area contributed by atoms with Crippen LogP contribution in [0.3, 0.4) is 0 Å². The van der Waals surface area contributed by atoms with Crippen molar-refractivity contribution < 1.29 is 9.21 Å². The highest BCUT2D eigenvalue weighted by atomic mass is 35.5. The molecule has 0 N–H and O–H groups in total. The third-order valence-electron chi connectivity index (χ3n) is 4.76. The van der Waals surface area contributed by atoms with Gasteiger partial charge in [0.2, 0.25) is 4.96 Å². The molecule has 0 saturated carbocycles. The number of aromatic nitrogens is 3. The molecule has 0 atom stereocenters. The molecule has 0 aliphatic carbocycles. The average Bonchev–Trinajstić information content (AvgIpc) is 3.47. The third kappa shape index (κ3) is 3.69. The number of ketones is 1. The van der Waals surface area contributed by atoms with Gasteiger partial charge in [-0.2, -0.15) is 9.50 Å². The summed E-state index contributed by atoms with van der Waals surface area (Å²) in [6.45, 7) is 1.53. The van der Waals surface area contributed by atoms with E-state index in [1.165, 1.54) is 22.8 Å². The van der Waals surface area contributed by atoms with E-state index in [1.54, 1.807) is 36.4 Å². The number of Topliss-reactive ketones (excluding diaryl/α,β-unsaturated/α-hetero) is 1. The van der Waals surface area contributed by atoms with Crippen LogP contribution >= 0.6 is 22.9 Å². The molecule has 5 rings (SSSR count). The number of benzene rings is 2. The van der Waals surface area contributed by atoms with E-state index in [0.717, 1.165) is 11.1 Å². The van der Waals surface area contributed by atoms with Crippen molar-refractivity contribution in [1.82, 2.24) is 14.6 Å². The van der Waals surface area contributed by atoms with E-state index in [9.17, 15) is 9.59 Å². The Balaban J connectivity index is 1.47. The summed E-state index contributed by atoms with van der Waals surface area (Å²) in [5.74, 6) is 1.68. The molecule has 0 unspecified atom stereocenters. The average molecular weight is 448 g/mol. The van der Waals surface area contributed by atoms with Crippen molar-refractivity contribution in [2.24, 2.45) is 0 Å². The third-order valence-corrected chi connectivity index (χ3v) is 5.97. The largest absolute Gasteiger partial charge is 0.457 e. The van der Waals surface area contributed by atoms with Crippen molar-refractivity contribution in [2.75, 3.05) is 0 Å². The van der Waals surface area contributed by atoms with Gasteiger partial charge in [-0.25, -0.2) is 0 Å². The molecule has 8 heteroatoms. The van der Waals surface area contributed by atoms with Crippen LogP contribution in [-0.4, -0.2) is 20.4 Å². The van der Waals surface area contributed by atoms with Crippen molar-refractivity contribution in [3.05, 3.63) is 91.9 Å². The Morgan fingerprint density at radius 2 is 1.74 bits per heavy atom. The topological polar surface area (TPSA) is 77.5 Å². The van der Waals surface area contributed by atoms with Crippen molar-refractivity contribution in [3.63, 3.8) is 0 Å². The second-order valence-corrected chi connectivity index (χ2v) is 8.33. The minimum atomic E-state index is -0.253. The molecule has 0 aliphatic heterocycles. The summed E-state index contributed by atoms with van der Waals surface area (Å²) in [5, 5.41) is 4.96. The molecule has 152 valence electrons. The van der Waals surface area contributed by atoms with Gasteiger partial charge in [0.15, 0.2) is 11.6 Å².